The number of esters is 2. The zero-order valence-electron chi connectivity index (χ0n) is 21.5. The van der Waals surface area contributed by atoms with Crippen molar-refractivity contribution in [1.82, 2.24) is 0 Å². The SMILES string of the molecule is CCOC(=O)C1=C(C)OC(N)=C(C(=O)OCC)C12C(=O)N1c3c(cc(C)c(C)c32)C(C)=CC1(C)C. The normalized spacial score (nSPS) is 22.2. The minimum atomic E-state index is -1.87. The van der Waals surface area contributed by atoms with Gasteiger partial charge >= 0.3 is 11.9 Å². The third-order valence-corrected chi connectivity index (χ3v) is 7.08. The standard InChI is InChI=1S/C27H32N2O6/c1-9-33-23(30)19-16(6)35-22(28)20(24(31)34-10-2)27(19)18-15(5)13(3)11-17-14(4)12-26(7,8)29(21(17)18)25(27)32/h11-12H,9-10,28H2,1-8H3. The number of nitrogens with two attached hydrogens (primary N) is 1. The van der Waals surface area contributed by atoms with Gasteiger partial charge in [-0.25, -0.2) is 9.59 Å². The van der Waals surface area contributed by atoms with Crippen molar-refractivity contribution in [2.45, 2.75) is 66.3 Å². The van der Waals surface area contributed by atoms with Crippen molar-refractivity contribution in [2.24, 2.45) is 5.73 Å². The smallest absolute Gasteiger partial charge is 0.341 e. The second kappa shape index (κ2) is 8.00. The highest BCUT2D eigenvalue weighted by atomic mass is 16.5. The molecule has 3 aliphatic heterocycles. The number of benzene rings is 1. The van der Waals surface area contributed by atoms with Crippen LogP contribution in [0.15, 0.2) is 34.9 Å². The molecule has 1 aromatic carbocycles. The Bertz CT molecular complexity index is 1240. The molecule has 0 radical (unpaired) electrons. The van der Waals surface area contributed by atoms with Crippen LogP contribution in [-0.4, -0.2) is 36.6 Å². The van der Waals surface area contributed by atoms with Crippen LogP contribution in [0.3, 0.4) is 0 Å². The number of rotatable bonds is 4. The molecule has 186 valence electrons. The van der Waals surface area contributed by atoms with E-state index in [2.05, 4.69) is 0 Å². The third-order valence-electron chi connectivity index (χ3n) is 7.08. The molecule has 1 unspecified atom stereocenters. The van der Waals surface area contributed by atoms with Gasteiger partial charge in [0.2, 0.25) is 11.8 Å². The number of hydrogen-bond donors (Lipinski definition) is 1. The Labute approximate surface area is 205 Å². The number of anilines is 1. The van der Waals surface area contributed by atoms with Crippen molar-refractivity contribution in [1.29, 1.82) is 0 Å². The van der Waals surface area contributed by atoms with E-state index in [1.807, 2.05) is 46.8 Å². The second-order valence-corrected chi connectivity index (χ2v) is 9.67. The zero-order chi connectivity index (χ0) is 26.0. The lowest BCUT2D eigenvalue weighted by Gasteiger charge is -2.40. The Kier molecular flexibility index (Phi) is 5.62. The lowest BCUT2D eigenvalue weighted by Crippen LogP contribution is -2.55. The summed E-state index contributed by atoms with van der Waals surface area (Å²) in [5.41, 5.74) is 8.20. The molecule has 3 heterocycles. The van der Waals surface area contributed by atoms with Crippen LogP contribution in [0.5, 0.6) is 0 Å². The number of nitrogens with zero attached hydrogens (tertiary/aromatic N) is 1. The Morgan fingerprint density at radius 3 is 2.17 bits per heavy atom. The molecule has 2 N–H and O–H groups in total. The van der Waals surface area contributed by atoms with E-state index in [1.165, 1.54) is 0 Å². The first-order valence-electron chi connectivity index (χ1n) is 11.8. The summed E-state index contributed by atoms with van der Waals surface area (Å²) in [5, 5.41) is 0. The number of carbonyl (C=O) groups is 3. The molecule has 0 saturated carbocycles. The first-order valence-corrected chi connectivity index (χ1v) is 11.8. The molecule has 4 rings (SSSR count). The van der Waals surface area contributed by atoms with Gasteiger partial charge in [-0.3, -0.25) is 4.79 Å². The van der Waals surface area contributed by atoms with Crippen molar-refractivity contribution in [3.05, 3.63) is 57.2 Å². The highest BCUT2D eigenvalue weighted by Gasteiger charge is 2.67. The molecule has 1 amide bonds. The fourth-order valence-electron chi connectivity index (χ4n) is 5.75. The molecular formula is C27H32N2O6. The predicted octanol–water partition coefficient (Wildman–Crippen LogP) is 3.68. The lowest BCUT2D eigenvalue weighted by molar-refractivity contribution is -0.143. The summed E-state index contributed by atoms with van der Waals surface area (Å²) in [6.45, 7) is 14.7. The van der Waals surface area contributed by atoms with Gasteiger partial charge in [0, 0.05) is 11.1 Å². The predicted molar refractivity (Wildman–Crippen MR) is 131 cm³/mol. The first kappa shape index (κ1) is 24.6. The van der Waals surface area contributed by atoms with Crippen molar-refractivity contribution in [2.75, 3.05) is 18.1 Å². The molecule has 0 fully saturated rings. The summed E-state index contributed by atoms with van der Waals surface area (Å²) in [6, 6.07) is 2.03. The van der Waals surface area contributed by atoms with Gasteiger partial charge in [-0.1, -0.05) is 6.08 Å². The Morgan fingerprint density at radius 2 is 1.60 bits per heavy atom. The van der Waals surface area contributed by atoms with E-state index < -0.39 is 28.8 Å². The highest BCUT2D eigenvalue weighted by molar-refractivity contribution is 6.24. The van der Waals surface area contributed by atoms with E-state index in [4.69, 9.17) is 19.9 Å². The summed E-state index contributed by atoms with van der Waals surface area (Å²) >= 11 is 0. The molecule has 1 spiro atoms. The Morgan fingerprint density at radius 1 is 1.03 bits per heavy atom. The van der Waals surface area contributed by atoms with Crippen LogP contribution >= 0.6 is 0 Å². The van der Waals surface area contributed by atoms with Gasteiger partial charge in [-0.15, -0.1) is 0 Å². The van der Waals surface area contributed by atoms with Gasteiger partial charge < -0.3 is 24.8 Å². The number of carbonyl (C=O) groups excluding carboxylic acids is 3. The molecule has 8 heteroatoms. The van der Waals surface area contributed by atoms with Crippen molar-refractivity contribution in [3.63, 3.8) is 0 Å². The van der Waals surface area contributed by atoms with Crippen molar-refractivity contribution >= 4 is 29.1 Å². The maximum atomic E-state index is 14.8. The monoisotopic (exact) mass is 480 g/mol. The number of fused-ring (bicyclic) bond motifs is 1. The van der Waals surface area contributed by atoms with Crippen molar-refractivity contribution in [3.8, 4) is 0 Å². The van der Waals surface area contributed by atoms with Crippen LogP contribution in [0, 0.1) is 13.8 Å². The number of ether oxygens (including phenoxy) is 3. The molecule has 0 aliphatic carbocycles. The number of amides is 1. The van der Waals surface area contributed by atoms with Gasteiger partial charge in [0.15, 0.2) is 0 Å². The maximum Gasteiger partial charge on any atom is 0.341 e. The minimum Gasteiger partial charge on any atom is -0.462 e. The van der Waals surface area contributed by atoms with E-state index >= 15 is 0 Å². The first-order chi connectivity index (χ1) is 16.4. The Hall–Kier alpha value is -3.55. The van der Waals surface area contributed by atoms with Crippen LogP contribution in [0.4, 0.5) is 5.69 Å². The van der Waals surface area contributed by atoms with Crippen LogP contribution in [0.1, 0.15) is 63.8 Å². The fourth-order valence-corrected chi connectivity index (χ4v) is 5.75. The molecule has 35 heavy (non-hydrogen) atoms. The van der Waals surface area contributed by atoms with Crippen LogP contribution in [0.25, 0.3) is 5.57 Å². The number of aryl methyl sites for hydroxylation is 1. The largest absolute Gasteiger partial charge is 0.462 e. The van der Waals surface area contributed by atoms with Gasteiger partial charge in [0.05, 0.1) is 24.4 Å². The molecule has 0 aromatic heterocycles. The minimum absolute atomic E-state index is 0.0537. The average molecular weight is 481 g/mol. The van der Waals surface area contributed by atoms with Crippen LogP contribution in [-0.2, 0) is 34.0 Å². The molecule has 1 atom stereocenters. The summed E-state index contributed by atoms with van der Waals surface area (Å²) in [4.78, 5) is 43.4. The fraction of sp³-hybridized carbons (Fsp3) is 0.444. The van der Waals surface area contributed by atoms with E-state index in [-0.39, 0.29) is 36.0 Å². The van der Waals surface area contributed by atoms with Gasteiger partial charge in [-0.05, 0) is 78.2 Å². The van der Waals surface area contributed by atoms with Gasteiger partial charge in [-0.2, -0.15) is 0 Å². The maximum absolute atomic E-state index is 14.8. The molecule has 0 saturated heterocycles. The number of allylic oxidation sites excluding steroid dienone is 2. The zero-order valence-corrected chi connectivity index (χ0v) is 21.5. The topological polar surface area (TPSA) is 108 Å². The van der Waals surface area contributed by atoms with Crippen LogP contribution in [0.2, 0.25) is 0 Å². The number of hydrogen-bond acceptors (Lipinski definition) is 7. The summed E-state index contributed by atoms with van der Waals surface area (Å²) < 4.78 is 16.5. The third kappa shape index (κ3) is 3.08. The van der Waals surface area contributed by atoms with E-state index in [0.29, 0.717) is 11.3 Å². The second-order valence-electron chi connectivity index (χ2n) is 9.67. The summed E-state index contributed by atoms with van der Waals surface area (Å²) in [6.07, 6.45) is 2.02. The van der Waals surface area contributed by atoms with E-state index in [1.54, 1.807) is 25.7 Å². The Balaban J connectivity index is 2.25. The van der Waals surface area contributed by atoms with Gasteiger partial charge in [0.1, 0.15) is 22.3 Å². The molecular weight excluding hydrogens is 448 g/mol. The molecule has 8 nitrogen and oxygen atoms in total. The highest BCUT2D eigenvalue weighted by Crippen LogP contribution is 2.60. The average Bonchev–Trinajstić information content (AvgIpc) is 3.00. The van der Waals surface area contributed by atoms with Crippen molar-refractivity contribution < 1.29 is 28.6 Å². The molecule has 1 aromatic rings. The van der Waals surface area contributed by atoms with E-state index in [0.717, 1.165) is 22.3 Å². The van der Waals surface area contributed by atoms with E-state index in [9.17, 15) is 14.4 Å². The lowest BCUT2D eigenvalue weighted by atomic mass is 9.66. The van der Waals surface area contributed by atoms with Gasteiger partial charge in [0.25, 0.3) is 0 Å². The summed E-state index contributed by atoms with van der Waals surface area (Å²) in [5.74, 6) is -2.18. The molecule has 3 aliphatic rings. The summed E-state index contributed by atoms with van der Waals surface area (Å²) in [7, 11) is 0. The molecule has 0 bridgehead atoms. The van der Waals surface area contributed by atoms with Crippen LogP contribution < -0.4 is 10.6 Å². The quantitative estimate of drug-likeness (QED) is 0.655.